The van der Waals surface area contributed by atoms with Gasteiger partial charge in [-0.2, -0.15) is 5.48 Å². The summed E-state index contributed by atoms with van der Waals surface area (Å²) in [7, 11) is 4.40. The lowest BCUT2D eigenvalue weighted by Gasteiger charge is -2.30. The van der Waals surface area contributed by atoms with Crippen LogP contribution in [0.4, 0.5) is 0 Å². The van der Waals surface area contributed by atoms with Crippen LogP contribution in [0, 0.1) is 0 Å². The van der Waals surface area contributed by atoms with Crippen molar-refractivity contribution in [1.29, 1.82) is 0 Å². The molecule has 0 aliphatic carbocycles. The van der Waals surface area contributed by atoms with E-state index >= 15 is 0 Å². The molecule has 0 aliphatic rings. The van der Waals surface area contributed by atoms with Gasteiger partial charge in [-0.25, -0.2) is 4.79 Å². The second-order valence-electron chi connectivity index (χ2n) is 5.72. The molecule has 0 radical (unpaired) electrons. The van der Waals surface area contributed by atoms with Gasteiger partial charge in [-0.05, 0) is 6.92 Å². The van der Waals surface area contributed by atoms with E-state index in [-0.39, 0.29) is 0 Å². The molecule has 1 aromatic rings. The van der Waals surface area contributed by atoms with Crippen LogP contribution >= 0.6 is 0 Å². The maximum Gasteiger partial charge on any atom is 0.351 e. The SMILES string of the molecule is C=C(C)C(=O)ONCCC[N+](C)(C)Cc1ccccc1. The van der Waals surface area contributed by atoms with Crippen LogP contribution in [0.2, 0.25) is 0 Å². The highest BCUT2D eigenvalue weighted by atomic mass is 16.7. The molecule has 0 amide bonds. The summed E-state index contributed by atoms with van der Waals surface area (Å²) in [6.07, 6.45) is 0.934. The summed E-state index contributed by atoms with van der Waals surface area (Å²) < 4.78 is 0.903. The van der Waals surface area contributed by atoms with Crippen LogP contribution in [0.25, 0.3) is 0 Å². The molecule has 0 saturated carbocycles. The van der Waals surface area contributed by atoms with Gasteiger partial charge in [-0.1, -0.05) is 36.9 Å². The second kappa shape index (κ2) is 7.82. The van der Waals surface area contributed by atoms with E-state index in [2.05, 4.69) is 50.4 Å². The van der Waals surface area contributed by atoms with Crippen LogP contribution in [-0.2, 0) is 16.2 Å². The molecule has 0 atom stereocenters. The number of benzene rings is 1. The molecular formula is C16H25N2O2+. The molecule has 0 bridgehead atoms. The molecule has 0 saturated heterocycles. The first kappa shape index (κ1) is 16.4. The minimum atomic E-state index is -0.400. The first-order chi connectivity index (χ1) is 9.41. The van der Waals surface area contributed by atoms with Gasteiger partial charge in [0.15, 0.2) is 0 Å². The van der Waals surface area contributed by atoms with Crippen LogP contribution in [0.5, 0.6) is 0 Å². The largest absolute Gasteiger partial charge is 0.367 e. The van der Waals surface area contributed by atoms with Crippen molar-refractivity contribution >= 4 is 5.97 Å². The first-order valence-electron chi connectivity index (χ1n) is 6.86. The Morgan fingerprint density at radius 1 is 1.30 bits per heavy atom. The Morgan fingerprint density at radius 3 is 2.55 bits per heavy atom. The van der Waals surface area contributed by atoms with Crippen LogP contribution in [0.3, 0.4) is 0 Å². The highest BCUT2D eigenvalue weighted by Crippen LogP contribution is 2.09. The van der Waals surface area contributed by atoms with Crippen LogP contribution in [0.1, 0.15) is 18.9 Å². The Kier molecular flexibility index (Phi) is 6.42. The monoisotopic (exact) mass is 277 g/mol. The third-order valence-corrected chi connectivity index (χ3v) is 3.01. The molecule has 20 heavy (non-hydrogen) atoms. The third-order valence-electron chi connectivity index (χ3n) is 3.01. The quantitative estimate of drug-likeness (QED) is 0.343. The average molecular weight is 277 g/mol. The summed E-state index contributed by atoms with van der Waals surface area (Å²) in [5.74, 6) is -0.400. The second-order valence-corrected chi connectivity index (χ2v) is 5.72. The maximum atomic E-state index is 11.2. The Morgan fingerprint density at radius 2 is 1.95 bits per heavy atom. The van der Waals surface area contributed by atoms with Crippen LogP contribution < -0.4 is 5.48 Å². The summed E-state index contributed by atoms with van der Waals surface area (Å²) in [6, 6.07) is 10.4. The number of nitrogens with one attached hydrogen (secondary N) is 1. The van der Waals surface area contributed by atoms with Gasteiger partial charge < -0.3 is 9.32 Å². The van der Waals surface area contributed by atoms with E-state index in [0.717, 1.165) is 24.0 Å². The Balaban J connectivity index is 2.23. The van der Waals surface area contributed by atoms with Gasteiger partial charge in [0.25, 0.3) is 0 Å². The standard InChI is InChI=1S/C16H25N2O2/c1-14(2)16(19)20-17-11-8-12-18(3,4)13-15-9-6-5-7-10-15/h5-7,9-10,17H,1,8,11-13H2,2-4H3/q+1. The van der Waals surface area contributed by atoms with Gasteiger partial charge in [-0.15, -0.1) is 0 Å². The summed E-state index contributed by atoms with van der Waals surface area (Å²) in [6.45, 7) is 7.80. The molecule has 1 rings (SSSR count). The van der Waals surface area contributed by atoms with Gasteiger partial charge >= 0.3 is 5.97 Å². The number of carbonyl (C=O) groups is 1. The van der Waals surface area contributed by atoms with Crippen molar-refractivity contribution in [2.75, 3.05) is 27.2 Å². The predicted octanol–water partition coefficient (Wildman–Crippen LogP) is 2.28. The molecule has 0 aliphatic heterocycles. The number of nitrogens with zero attached hydrogens (tertiary/aromatic N) is 1. The topological polar surface area (TPSA) is 38.3 Å². The van der Waals surface area contributed by atoms with Crippen molar-refractivity contribution in [2.24, 2.45) is 0 Å². The zero-order valence-electron chi connectivity index (χ0n) is 12.7. The number of hydrogen-bond donors (Lipinski definition) is 1. The minimum absolute atomic E-state index is 0.400. The Labute approximate surface area is 121 Å². The lowest BCUT2D eigenvalue weighted by Crippen LogP contribution is -2.40. The fourth-order valence-electron chi connectivity index (χ4n) is 1.94. The molecule has 0 fully saturated rings. The van der Waals surface area contributed by atoms with Gasteiger partial charge in [0.2, 0.25) is 0 Å². The number of quaternary nitrogens is 1. The lowest BCUT2D eigenvalue weighted by atomic mass is 10.2. The fourth-order valence-corrected chi connectivity index (χ4v) is 1.94. The van der Waals surface area contributed by atoms with Gasteiger partial charge in [0.1, 0.15) is 6.54 Å². The Bertz CT molecular complexity index is 441. The number of hydroxylamine groups is 1. The minimum Gasteiger partial charge on any atom is -0.367 e. The zero-order valence-corrected chi connectivity index (χ0v) is 12.7. The summed E-state index contributed by atoms with van der Waals surface area (Å²) in [4.78, 5) is 16.0. The number of hydrogen-bond acceptors (Lipinski definition) is 3. The normalized spacial score (nSPS) is 11.2. The average Bonchev–Trinajstić information content (AvgIpc) is 2.38. The van der Waals surface area contributed by atoms with E-state index in [1.54, 1.807) is 6.92 Å². The number of carbonyl (C=O) groups excluding carboxylic acids is 1. The summed E-state index contributed by atoms with van der Waals surface area (Å²) in [5.41, 5.74) is 4.42. The van der Waals surface area contributed by atoms with E-state index in [1.807, 2.05) is 6.07 Å². The van der Waals surface area contributed by atoms with Crippen molar-refractivity contribution in [1.82, 2.24) is 5.48 Å². The molecule has 4 heteroatoms. The van der Waals surface area contributed by atoms with Crippen LogP contribution in [0.15, 0.2) is 42.5 Å². The molecule has 0 aromatic heterocycles. The van der Waals surface area contributed by atoms with E-state index in [0.29, 0.717) is 12.1 Å². The molecular weight excluding hydrogens is 252 g/mol. The maximum absolute atomic E-state index is 11.2. The van der Waals surface area contributed by atoms with Gasteiger partial charge in [-0.3, -0.25) is 0 Å². The molecule has 1 N–H and O–H groups in total. The molecule has 1 aromatic carbocycles. The lowest BCUT2D eigenvalue weighted by molar-refractivity contribution is -0.903. The fraction of sp³-hybridized carbons (Fsp3) is 0.438. The highest BCUT2D eigenvalue weighted by Gasteiger charge is 2.15. The van der Waals surface area contributed by atoms with Gasteiger partial charge in [0, 0.05) is 24.1 Å². The van der Waals surface area contributed by atoms with Crippen LogP contribution in [-0.4, -0.2) is 37.6 Å². The molecule has 4 nitrogen and oxygen atoms in total. The van der Waals surface area contributed by atoms with E-state index in [9.17, 15) is 4.79 Å². The molecule has 110 valence electrons. The van der Waals surface area contributed by atoms with E-state index in [1.165, 1.54) is 5.56 Å². The predicted molar refractivity (Wildman–Crippen MR) is 80.6 cm³/mol. The first-order valence-corrected chi connectivity index (χ1v) is 6.86. The van der Waals surface area contributed by atoms with E-state index < -0.39 is 5.97 Å². The Hall–Kier alpha value is -1.65. The van der Waals surface area contributed by atoms with Gasteiger partial charge in [0.05, 0.1) is 20.6 Å². The smallest absolute Gasteiger partial charge is 0.351 e. The summed E-state index contributed by atoms with van der Waals surface area (Å²) in [5, 5.41) is 0. The molecule has 0 spiro atoms. The van der Waals surface area contributed by atoms with Crippen molar-refractivity contribution < 1.29 is 14.1 Å². The molecule has 0 heterocycles. The number of rotatable bonds is 8. The van der Waals surface area contributed by atoms with Crippen molar-refractivity contribution in [2.45, 2.75) is 19.9 Å². The molecule has 0 unspecified atom stereocenters. The van der Waals surface area contributed by atoms with Crippen molar-refractivity contribution in [3.05, 3.63) is 48.0 Å². The summed E-state index contributed by atoms with van der Waals surface area (Å²) >= 11 is 0. The van der Waals surface area contributed by atoms with E-state index in [4.69, 9.17) is 4.84 Å². The highest BCUT2D eigenvalue weighted by molar-refractivity contribution is 5.86. The van der Waals surface area contributed by atoms with Crippen molar-refractivity contribution in [3.8, 4) is 0 Å². The van der Waals surface area contributed by atoms with Crippen molar-refractivity contribution in [3.63, 3.8) is 0 Å². The third kappa shape index (κ3) is 6.50. The zero-order chi connectivity index (χ0) is 15.0.